The summed E-state index contributed by atoms with van der Waals surface area (Å²) in [7, 11) is -3.09. The molecule has 3 rings (SSSR count). The molecule has 0 fully saturated rings. The number of nitrogens with zero attached hydrogens (tertiary/aromatic N) is 2. The van der Waals surface area contributed by atoms with E-state index in [0.29, 0.717) is 19.6 Å². The van der Waals surface area contributed by atoms with Gasteiger partial charge in [0.15, 0.2) is 9.84 Å². The number of hydrogen-bond donors (Lipinski definition) is 0. The first-order valence-electron chi connectivity index (χ1n) is 10.7. The van der Waals surface area contributed by atoms with Gasteiger partial charge in [-0.25, -0.2) is 8.42 Å². The number of fused-ring (bicyclic) bond motifs is 1. The third-order valence-electron chi connectivity index (χ3n) is 6.05. The van der Waals surface area contributed by atoms with Gasteiger partial charge in [0.1, 0.15) is 0 Å². The van der Waals surface area contributed by atoms with Gasteiger partial charge in [-0.15, -0.1) is 0 Å². The topological polar surface area (TPSA) is 57.7 Å². The first kappa shape index (κ1) is 22.5. The van der Waals surface area contributed by atoms with Gasteiger partial charge < -0.3 is 4.90 Å². The number of rotatable bonds is 8. The standard InChI is InChI=1S/C24H32N2O3S/c1-4-25(19(3)18-30(28,29)5-2)17-24(27)26-15-21-13-9-10-14-22(21)23(16-26)20-11-7-6-8-12-20/h6-14,19,23H,4-5,15-18H2,1-3H3. The van der Waals surface area contributed by atoms with Crippen LogP contribution in [-0.4, -0.2) is 61.3 Å². The lowest BCUT2D eigenvalue weighted by atomic mass is 9.84. The molecule has 1 aliphatic heterocycles. The molecular weight excluding hydrogens is 396 g/mol. The highest BCUT2D eigenvalue weighted by molar-refractivity contribution is 7.91. The monoisotopic (exact) mass is 428 g/mol. The summed E-state index contributed by atoms with van der Waals surface area (Å²) in [6.45, 7) is 7.64. The Labute approximate surface area is 180 Å². The minimum absolute atomic E-state index is 0.0491. The van der Waals surface area contributed by atoms with Crippen LogP contribution in [0.15, 0.2) is 54.6 Å². The average Bonchev–Trinajstić information content (AvgIpc) is 2.76. The molecule has 1 amide bonds. The molecule has 2 atom stereocenters. The maximum atomic E-state index is 13.2. The minimum atomic E-state index is -3.09. The van der Waals surface area contributed by atoms with Crippen molar-refractivity contribution in [2.24, 2.45) is 0 Å². The molecular formula is C24H32N2O3S. The van der Waals surface area contributed by atoms with Gasteiger partial charge in [0.05, 0.1) is 12.3 Å². The molecule has 2 aromatic rings. The molecule has 2 unspecified atom stereocenters. The number of likely N-dealkylation sites (N-methyl/N-ethyl adjacent to an activating group) is 1. The highest BCUT2D eigenvalue weighted by atomic mass is 32.2. The molecule has 5 nitrogen and oxygen atoms in total. The van der Waals surface area contributed by atoms with Gasteiger partial charge in [-0.05, 0) is 30.2 Å². The largest absolute Gasteiger partial charge is 0.336 e. The van der Waals surface area contributed by atoms with Gasteiger partial charge >= 0.3 is 0 Å². The van der Waals surface area contributed by atoms with E-state index in [9.17, 15) is 13.2 Å². The highest BCUT2D eigenvalue weighted by Gasteiger charge is 2.30. The van der Waals surface area contributed by atoms with Crippen molar-refractivity contribution < 1.29 is 13.2 Å². The van der Waals surface area contributed by atoms with Crippen LogP contribution in [0.3, 0.4) is 0 Å². The third-order valence-corrected chi connectivity index (χ3v) is 7.92. The lowest BCUT2D eigenvalue weighted by Gasteiger charge is -2.37. The van der Waals surface area contributed by atoms with E-state index in [1.165, 1.54) is 16.7 Å². The first-order valence-corrected chi connectivity index (χ1v) is 12.5. The Morgan fingerprint density at radius 1 is 1.10 bits per heavy atom. The van der Waals surface area contributed by atoms with E-state index in [0.717, 1.165) is 0 Å². The number of sulfone groups is 1. The minimum Gasteiger partial charge on any atom is -0.336 e. The van der Waals surface area contributed by atoms with Crippen molar-refractivity contribution in [2.75, 3.05) is 31.1 Å². The van der Waals surface area contributed by atoms with Crippen LogP contribution in [0, 0.1) is 0 Å². The summed E-state index contributed by atoms with van der Waals surface area (Å²) >= 11 is 0. The highest BCUT2D eigenvalue weighted by Crippen LogP contribution is 2.33. The summed E-state index contributed by atoms with van der Waals surface area (Å²) in [6.07, 6.45) is 0. The zero-order valence-corrected chi connectivity index (χ0v) is 18.9. The summed E-state index contributed by atoms with van der Waals surface area (Å²) in [5.74, 6) is 0.408. The van der Waals surface area contributed by atoms with E-state index >= 15 is 0 Å². The number of hydrogen-bond acceptors (Lipinski definition) is 4. The van der Waals surface area contributed by atoms with E-state index in [-0.39, 0.29) is 35.9 Å². The van der Waals surface area contributed by atoms with Crippen molar-refractivity contribution in [2.45, 2.75) is 39.3 Å². The summed E-state index contributed by atoms with van der Waals surface area (Å²) in [4.78, 5) is 17.1. The van der Waals surface area contributed by atoms with Crippen molar-refractivity contribution in [3.8, 4) is 0 Å². The lowest BCUT2D eigenvalue weighted by Crippen LogP contribution is -2.47. The Hall–Kier alpha value is -2.18. The fraction of sp³-hybridized carbons (Fsp3) is 0.458. The van der Waals surface area contributed by atoms with Crippen LogP contribution in [0.2, 0.25) is 0 Å². The van der Waals surface area contributed by atoms with Gasteiger partial charge in [0, 0.05) is 30.8 Å². The molecule has 0 aromatic heterocycles. The summed E-state index contributed by atoms with van der Waals surface area (Å²) < 4.78 is 24.1. The number of benzene rings is 2. The van der Waals surface area contributed by atoms with Crippen LogP contribution < -0.4 is 0 Å². The number of amides is 1. The van der Waals surface area contributed by atoms with Crippen molar-refractivity contribution >= 4 is 15.7 Å². The molecule has 30 heavy (non-hydrogen) atoms. The van der Waals surface area contributed by atoms with Crippen LogP contribution in [0.1, 0.15) is 43.4 Å². The molecule has 2 aromatic carbocycles. The fourth-order valence-electron chi connectivity index (χ4n) is 4.21. The lowest BCUT2D eigenvalue weighted by molar-refractivity contribution is -0.134. The number of carbonyl (C=O) groups excluding carboxylic acids is 1. The van der Waals surface area contributed by atoms with Gasteiger partial charge in [-0.1, -0.05) is 68.4 Å². The van der Waals surface area contributed by atoms with E-state index in [1.807, 2.05) is 47.9 Å². The third kappa shape index (κ3) is 5.29. The van der Waals surface area contributed by atoms with Crippen LogP contribution >= 0.6 is 0 Å². The van der Waals surface area contributed by atoms with Crippen molar-refractivity contribution in [1.29, 1.82) is 0 Å². The predicted molar refractivity (Wildman–Crippen MR) is 121 cm³/mol. The predicted octanol–water partition coefficient (Wildman–Crippen LogP) is 3.31. The number of carbonyl (C=O) groups is 1. The maximum Gasteiger partial charge on any atom is 0.237 e. The second-order valence-corrected chi connectivity index (χ2v) is 10.4. The molecule has 1 aliphatic rings. The van der Waals surface area contributed by atoms with Gasteiger partial charge in [-0.2, -0.15) is 0 Å². The summed E-state index contributed by atoms with van der Waals surface area (Å²) in [5, 5.41) is 0. The normalized spacial score (nSPS) is 17.6. The van der Waals surface area contributed by atoms with Crippen LogP contribution in [-0.2, 0) is 21.2 Å². The molecule has 0 N–H and O–H groups in total. The second kappa shape index (κ2) is 9.75. The summed E-state index contributed by atoms with van der Waals surface area (Å²) in [5.41, 5.74) is 3.66. The van der Waals surface area contributed by atoms with Crippen LogP contribution in [0.4, 0.5) is 0 Å². The van der Waals surface area contributed by atoms with E-state index in [4.69, 9.17) is 0 Å². The van der Waals surface area contributed by atoms with Crippen molar-refractivity contribution in [3.63, 3.8) is 0 Å². The van der Waals surface area contributed by atoms with Gasteiger partial charge in [0.25, 0.3) is 0 Å². The zero-order valence-electron chi connectivity index (χ0n) is 18.1. The molecule has 0 radical (unpaired) electrons. The van der Waals surface area contributed by atoms with Gasteiger partial charge in [0.2, 0.25) is 5.91 Å². The fourth-order valence-corrected chi connectivity index (χ4v) is 5.39. The van der Waals surface area contributed by atoms with Crippen LogP contribution in [0.5, 0.6) is 0 Å². The molecule has 6 heteroatoms. The molecule has 162 valence electrons. The molecule has 0 saturated heterocycles. The molecule has 0 saturated carbocycles. The quantitative estimate of drug-likeness (QED) is 0.647. The van der Waals surface area contributed by atoms with E-state index < -0.39 is 9.84 Å². The Balaban J connectivity index is 1.77. The Bertz CT molecular complexity index is 959. The Kier molecular flexibility index (Phi) is 7.32. The van der Waals surface area contributed by atoms with Crippen molar-refractivity contribution in [1.82, 2.24) is 9.80 Å². The zero-order chi connectivity index (χ0) is 21.7. The second-order valence-electron chi connectivity index (χ2n) is 8.05. The molecule has 0 aliphatic carbocycles. The average molecular weight is 429 g/mol. The Morgan fingerprint density at radius 3 is 2.43 bits per heavy atom. The van der Waals surface area contributed by atoms with E-state index in [1.54, 1.807) is 6.92 Å². The molecule has 0 bridgehead atoms. The Morgan fingerprint density at radius 2 is 1.77 bits per heavy atom. The summed E-state index contributed by atoms with van der Waals surface area (Å²) in [6, 6.07) is 18.4. The molecule has 1 heterocycles. The van der Waals surface area contributed by atoms with Crippen molar-refractivity contribution in [3.05, 3.63) is 71.3 Å². The van der Waals surface area contributed by atoms with Gasteiger partial charge in [-0.3, -0.25) is 9.69 Å². The van der Waals surface area contributed by atoms with Crippen LogP contribution in [0.25, 0.3) is 0 Å². The smallest absolute Gasteiger partial charge is 0.237 e. The molecule has 0 spiro atoms. The van der Waals surface area contributed by atoms with E-state index in [2.05, 4.69) is 30.3 Å². The maximum absolute atomic E-state index is 13.2. The first-order chi connectivity index (χ1) is 14.3. The SMILES string of the molecule is CCN(CC(=O)N1Cc2ccccc2C(c2ccccc2)C1)C(C)CS(=O)(=O)CC.